The molecule has 0 saturated carbocycles. The fourth-order valence-corrected chi connectivity index (χ4v) is 2.13. The summed E-state index contributed by atoms with van der Waals surface area (Å²) < 4.78 is 10.3. The van der Waals surface area contributed by atoms with Crippen molar-refractivity contribution in [1.29, 1.82) is 0 Å². The van der Waals surface area contributed by atoms with E-state index in [9.17, 15) is 5.11 Å². The third-order valence-electron chi connectivity index (χ3n) is 3.37. The van der Waals surface area contributed by atoms with Gasteiger partial charge in [-0.3, -0.25) is 0 Å². The lowest BCUT2D eigenvalue weighted by atomic mass is 10.0. The van der Waals surface area contributed by atoms with E-state index in [1.807, 2.05) is 42.5 Å². The van der Waals surface area contributed by atoms with Crippen molar-refractivity contribution in [2.45, 2.75) is 12.5 Å². The van der Waals surface area contributed by atoms with Gasteiger partial charge in [0, 0.05) is 20.1 Å². The third-order valence-corrected chi connectivity index (χ3v) is 3.37. The fraction of sp³-hybridized carbons (Fsp3) is 0.333. The van der Waals surface area contributed by atoms with E-state index in [2.05, 4.69) is 12.1 Å². The first-order valence-electron chi connectivity index (χ1n) is 7.21. The molecule has 0 aliphatic carbocycles. The first-order chi connectivity index (χ1) is 10.3. The van der Waals surface area contributed by atoms with Crippen molar-refractivity contribution >= 4 is 0 Å². The minimum atomic E-state index is -0.489. The molecule has 0 aliphatic heterocycles. The maximum atomic E-state index is 10.1. The monoisotopic (exact) mass is 286 g/mol. The van der Waals surface area contributed by atoms with Crippen LogP contribution in [0.2, 0.25) is 0 Å². The Morgan fingerprint density at radius 1 is 0.857 bits per heavy atom. The van der Waals surface area contributed by atoms with Crippen molar-refractivity contribution in [3.05, 3.63) is 60.2 Å². The number of aliphatic hydroxyl groups excluding tert-OH is 1. The molecule has 1 N–H and O–H groups in total. The lowest BCUT2D eigenvalue weighted by Gasteiger charge is -2.12. The Kier molecular flexibility index (Phi) is 6.41. The molecule has 0 radical (unpaired) electrons. The molecule has 3 nitrogen and oxygen atoms in total. The van der Waals surface area contributed by atoms with E-state index >= 15 is 0 Å². The number of hydrogen-bond acceptors (Lipinski definition) is 3. The van der Waals surface area contributed by atoms with Crippen LogP contribution in [-0.4, -0.2) is 32.0 Å². The molecule has 2 aromatic carbocycles. The molecule has 0 amide bonds. The van der Waals surface area contributed by atoms with E-state index in [1.54, 1.807) is 7.11 Å². The van der Waals surface area contributed by atoms with Crippen LogP contribution in [0.25, 0.3) is 11.1 Å². The minimum absolute atomic E-state index is 0.489. The molecule has 1 atom stereocenters. The molecule has 0 fully saturated rings. The zero-order valence-electron chi connectivity index (χ0n) is 12.4. The van der Waals surface area contributed by atoms with Gasteiger partial charge in [0.25, 0.3) is 0 Å². The maximum absolute atomic E-state index is 10.1. The number of methoxy groups -OCH3 is 1. The van der Waals surface area contributed by atoms with Crippen LogP contribution in [0.15, 0.2) is 54.6 Å². The van der Waals surface area contributed by atoms with E-state index in [0.717, 1.165) is 11.1 Å². The van der Waals surface area contributed by atoms with Crippen LogP contribution in [0.4, 0.5) is 0 Å². The number of ether oxygens (including phenoxy) is 2. The zero-order chi connectivity index (χ0) is 14.9. The van der Waals surface area contributed by atoms with E-state index < -0.39 is 6.10 Å². The highest BCUT2D eigenvalue weighted by Gasteiger charge is 2.07. The van der Waals surface area contributed by atoms with Gasteiger partial charge in [0.1, 0.15) is 0 Å². The summed E-state index contributed by atoms with van der Waals surface area (Å²) in [4.78, 5) is 0. The smallest absolute Gasteiger partial charge is 0.0812 e. The summed E-state index contributed by atoms with van der Waals surface area (Å²) in [5.41, 5.74) is 3.26. The SMILES string of the molecule is COCCOCCC(O)c1ccc(-c2ccccc2)cc1. The van der Waals surface area contributed by atoms with E-state index in [4.69, 9.17) is 9.47 Å². The van der Waals surface area contributed by atoms with Gasteiger partial charge in [0.2, 0.25) is 0 Å². The molecule has 0 spiro atoms. The van der Waals surface area contributed by atoms with Crippen molar-refractivity contribution in [3.8, 4) is 11.1 Å². The summed E-state index contributed by atoms with van der Waals surface area (Å²) in [6, 6.07) is 18.2. The minimum Gasteiger partial charge on any atom is -0.388 e. The average molecular weight is 286 g/mol. The molecule has 0 heterocycles. The van der Waals surface area contributed by atoms with Crippen LogP contribution >= 0.6 is 0 Å². The standard InChI is InChI=1S/C18H22O3/c1-20-13-14-21-12-11-18(19)17-9-7-16(8-10-17)15-5-3-2-4-6-15/h2-10,18-19H,11-14H2,1H3. The van der Waals surface area contributed by atoms with Crippen molar-refractivity contribution in [3.63, 3.8) is 0 Å². The molecular formula is C18H22O3. The van der Waals surface area contributed by atoms with E-state index in [-0.39, 0.29) is 0 Å². The summed E-state index contributed by atoms with van der Waals surface area (Å²) in [7, 11) is 1.65. The highest BCUT2D eigenvalue weighted by molar-refractivity contribution is 5.63. The molecule has 2 rings (SSSR count). The number of benzene rings is 2. The summed E-state index contributed by atoms with van der Waals surface area (Å²) in [5, 5.41) is 10.1. The van der Waals surface area contributed by atoms with Gasteiger partial charge in [-0.15, -0.1) is 0 Å². The van der Waals surface area contributed by atoms with Crippen molar-refractivity contribution in [2.75, 3.05) is 26.9 Å². The van der Waals surface area contributed by atoms with Gasteiger partial charge in [-0.1, -0.05) is 54.6 Å². The highest BCUT2D eigenvalue weighted by Crippen LogP contribution is 2.23. The highest BCUT2D eigenvalue weighted by atomic mass is 16.5. The van der Waals surface area contributed by atoms with Crippen LogP contribution in [0.3, 0.4) is 0 Å². The number of hydrogen-bond donors (Lipinski definition) is 1. The van der Waals surface area contributed by atoms with Gasteiger partial charge in [0.15, 0.2) is 0 Å². The predicted octanol–water partition coefficient (Wildman–Crippen LogP) is 3.44. The molecule has 0 aromatic heterocycles. The molecule has 2 aromatic rings. The van der Waals surface area contributed by atoms with Gasteiger partial charge < -0.3 is 14.6 Å². The van der Waals surface area contributed by atoms with Crippen molar-refractivity contribution < 1.29 is 14.6 Å². The van der Waals surface area contributed by atoms with Crippen LogP contribution in [0.5, 0.6) is 0 Å². The quantitative estimate of drug-likeness (QED) is 0.755. The first kappa shape index (κ1) is 15.7. The Balaban J connectivity index is 1.87. The lowest BCUT2D eigenvalue weighted by molar-refractivity contribution is 0.0475. The Morgan fingerprint density at radius 3 is 2.19 bits per heavy atom. The number of rotatable bonds is 8. The topological polar surface area (TPSA) is 38.7 Å². The fourth-order valence-electron chi connectivity index (χ4n) is 2.13. The normalized spacial score (nSPS) is 12.3. The summed E-state index contributed by atoms with van der Waals surface area (Å²) in [6.07, 6.45) is 0.103. The Bertz CT molecular complexity index is 508. The van der Waals surface area contributed by atoms with Crippen LogP contribution in [0, 0.1) is 0 Å². The van der Waals surface area contributed by atoms with Gasteiger partial charge in [-0.25, -0.2) is 0 Å². The molecule has 3 heteroatoms. The molecule has 0 saturated heterocycles. The van der Waals surface area contributed by atoms with Gasteiger partial charge in [-0.05, 0) is 16.7 Å². The maximum Gasteiger partial charge on any atom is 0.0812 e. The van der Waals surface area contributed by atoms with E-state index in [0.29, 0.717) is 26.2 Å². The number of aliphatic hydroxyl groups is 1. The molecule has 21 heavy (non-hydrogen) atoms. The van der Waals surface area contributed by atoms with E-state index in [1.165, 1.54) is 5.56 Å². The largest absolute Gasteiger partial charge is 0.388 e. The van der Waals surface area contributed by atoms with Gasteiger partial charge in [-0.2, -0.15) is 0 Å². The summed E-state index contributed by atoms with van der Waals surface area (Å²) in [5.74, 6) is 0. The van der Waals surface area contributed by atoms with Crippen molar-refractivity contribution in [2.24, 2.45) is 0 Å². The van der Waals surface area contributed by atoms with Gasteiger partial charge in [0.05, 0.1) is 19.3 Å². The first-order valence-corrected chi connectivity index (χ1v) is 7.21. The lowest BCUT2D eigenvalue weighted by Crippen LogP contribution is -2.07. The molecular weight excluding hydrogens is 264 g/mol. The Hall–Kier alpha value is -1.68. The third kappa shape index (κ3) is 4.97. The van der Waals surface area contributed by atoms with Crippen molar-refractivity contribution in [1.82, 2.24) is 0 Å². The molecule has 0 aliphatic rings. The second kappa shape index (κ2) is 8.57. The second-order valence-corrected chi connectivity index (χ2v) is 4.90. The zero-order valence-corrected chi connectivity index (χ0v) is 12.4. The summed E-state index contributed by atoms with van der Waals surface area (Å²) >= 11 is 0. The Morgan fingerprint density at radius 2 is 1.52 bits per heavy atom. The van der Waals surface area contributed by atoms with Crippen LogP contribution in [0.1, 0.15) is 18.1 Å². The Labute approximate surface area is 126 Å². The molecule has 112 valence electrons. The van der Waals surface area contributed by atoms with Gasteiger partial charge >= 0.3 is 0 Å². The second-order valence-electron chi connectivity index (χ2n) is 4.90. The summed E-state index contributed by atoms with van der Waals surface area (Å²) in [6.45, 7) is 1.68. The molecule has 1 unspecified atom stereocenters. The average Bonchev–Trinajstić information content (AvgIpc) is 2.55. The molecule has 0 bridgehead atoms. The van der Waals surface area contributed by atoms with Crippen LogP contribution < -0.4 is 0 Å². The predicted molar refractivity (Wildman–Crippen MR) is 84.1 cm³/mol. The van der Waals surface area contributed by atoms with Crippen LogP contribution in [-0.2, 0) is 9.47 Å².